The first kappa shape index (κ1) is 25.7. The molecule has 0 amide bonds. The molecule has 0 spiro atoms. The van der Waals surface area contributed by atoms with Crippen LogP contribution >= 0.6 is 0 Å². The zero-order valence-electron chi connectivity index (χ0n) is 22.5. The van der Waals surface area contributed by atoms with Gasteiger partial charge in [-0.2, -0.15) is 4.80 Å². The third-order valence-electron chi connectivity index (χ3n) is 6.92. The first-order valence-electron chi connectivity index (χ1n) is 12.8. The maximum atomic E-state index is 13.0. The minimum Gasteiger partial charge on any atom is -0.496 e. The van der Waals surface area contributed by atoms with E-state index in [2.05, 4.69) is 52.0 Å². The molecular formula is C29H33N5O4. The van der Waals surface area contributed by atoms with E-state index in [1.807, 2.05) is 37.3 Å². The molecule has 0 aliphatic carbocycles. The summed E-state index contributed by atoms with van der Waals surface area (Å²) in [5.74, 6) is 0.844. The highest BCUT2D eigenvalue weighted by molar-refractivity contribution is 5.91. The number of fused-ring (bicyclic) bond motifs is 3. The number of benzene rings is 2. The largest absolute Gasteiger partial charge is 0.496 e. The quantitative estimate of drug-likeness (QED) is 0.301. The Morgan fingerprint density at radius 2 is 1.89 bits per heavy atom. The van der Waals surface area contributed by atoms with Crippen molar-refractivity contribution in [2.75, 3.05) is 20.3 Å². The Hall–Kier alpha value is -3.98. The Bertz CT molecular complexity index is 1460. The number of carbonyl (C=O) groups excluding carboxylic acids is 1. The van der Waals surface area contributed by atoms with Crippen molar-refractivity contribution in [3.8, 4) is 28.4 Å². The van der Waals surface area contributed by atoms with Crippen molar-refractivity contribution in [3.63, 3.8) is 0 Å². The van der Waals surface area contributed by atoms with Gasteiger partial charge in [0.1, 0.15) is 11.4 Å². The van der Waals surface area contributed by atoms with Crippen molar-refractivity contribution in [1.82, 2.24) is 24.8 Å². The third kappa shape index (κ3) is 4.81. The Balaban J connectivity index is 1.60. The fourth-order valence-electron chi connectivity index (χ4n) is 5.05. The summed E-state index contributed by atoms with van der Waals surface area (Å²) in [5, 5.41) is 12.6. The number of aryl methyl sites for hydroxylation is 2. The van der Waals surface area contributed by atoms with Gasteiger partial charge in [0.2, 0.25) is 5.82 Å². The average Bonchev–Trinajstić information content (AvgIpc) is 3.53. The van der Waals surface area contributed by atoms with Crippen LogP contribution in [-0.2, 0) is 41.5 Å². The van der Waals surface area contributed by atoms with E-state index in [1.54, 1.807) is 14.2 Å². The van der Waals surface area contributed by atoms with E-state index >= 15 is 0 Å². The van der Waals surface area contributed by atoms with Crippen LogP contribution < -0.4 is 4.74 Å². The zero-order valence-corrected chi connectivity index (χ0v) is 22.5. The molecule has 0 radical (unpaired) electrons. The van der Waals surface area contributed by atoms with Gasteiger partial charge in [-0.1, -0.05) is 44.2 Å². The molecular weight excluding hydrogens is 482 g/mol. The topological polar surface area (TPSA) is 93.3 Å². The predicted molar refractivity (Wildman–Crippen MR) is 143 cm³/mol. The molecule has 0 atom stereocenters. The van der Waals surface area contributed by atoms with Gasteiger partial charge in [-0.25, -0.2) is 4.79 Å². The summed E-state index contributed by atoms with van der Waals surface area (Å²) in [5.41, 5.74) is 6.18. The van der Waals surface area contributed by atoms with Crippen LogP contribution in [0.2, 0.25) is 0 Å². The molecule has 0 fully saturated rings. The molecule has 0 unspecified atom stereocenters. The Kier molecular flexibility index (Phi) is 7.03. The highest BCUT2D eigenvalue weighted by atomic mass is 16.5. The standard InChI is InChI=1S/C29H33N5O4/c1-6-38-28(35)24-16-23(29(2,3)18-37-17-19-10-8-7-9-11-19)26-21-15-22(27-30-32-33(4)31-27)25(36-5)14-20(21)12-13-34(24)26/h7-11,14-16H,6,12-13,17-18H2,1-5H3. The summed E-state index contributed by atoms with van der Waals surface area (Å²) in [6.07, 6.45) is 0.748. The van der Waals surface area contributed by atoms with Gasteiger partial charge in [0.05, 0.1) is 45.2 Å². The van der Waals surface area contributed by atoms with Crippen molar-refractivity contribution in [1.29, 1.82) is 0 Å². The molecule has 9 heteroatoms. The minimum absolute atomic E-state index is 0.314. The summed E-state index contributed by atoms with van der Waals surface area (Å²) in [6.45, 7) is 8.07. The molecule has 1 aliphatic rings. The fraction of sp³-hybridized carbons (Fsp3) is 0.379. The lowest BCUT2D eigenvalue weighted by Gasteiger charge is -2.29. The van der Waals surface area contributed by atoms with Gasteiger partial charge in [0, 0.05) is 17.5 Å². The molecule has 0 saturated carbocycles. The van der Waals surface area contributed by atoms with Gasteiger partial charge in [0.15, 0.2) is 0 Å². The molecule has 0 bridgehead atoms. The number of rotatable bonds is 9. The van der Waals surface area contributed by atoms with Crippen LogP contribution in [0.3, 0.4) is 0 Å². The third-order valence-corrected chi connectivity index (χ3v) is 6.92. The van der Waals surface area contributed by atoms with Crippen LogP contribution in [0.4, 0.5) is 0 Å². The molecule has 1 aliphatic heterocycles. The fourth-order valence-corrected chi connectivity index (χ4v) is 5.05. The molecule has 5 rings (SSSR count). The van der Waals surface area contributed by atoms with Gasteiger partial charge < -0.3 is 18.8 Å². The summed E-state index contributed by atoms with van der Waals surface area (Å²) in [4.78, 5) is 14.5. The van der Waals surface area contributed by atoms with Gasteiger partial charge in [0.25, 0.3) is 0 Å². The van der Waals surface area contributed by atoms with Gasteiger partial charge in [-0.3, -0.25) is 0 Å². The van der Waals surface area contributed by atoms with Gasteiger partial charge >= 0.3 is 5.97 Å². The zero-order chi connectivity index (χ0) is 26.9. The first-order valence-corrected chi connectivity index (χ1v) is 12.8. The Morgan fingerprint density at radius 3 is 2.58 bits per heavy atom. The minimum atomic E-state index is -0.393. The highest BCUT2D eigenvalue weighted by Gasteiger charge is 2.34. The normalized spacial score (nSPS) is 12.7. The van der Waals surface area contributed by atoms with Crippen LogP contribution in [0.5, 0.6) is 5.75 Å². The van der Waals surface area contributed by atoms with Crippen molar-refractivity contribution in [3.05, 3.63) is 70.9 Å². The van der Waals surface area contributed by atoms with Crippen LogP contribution in [0.15, 0.2) is 48.5 Å². The second kappa shape index (κ2) is 10.4. The average molecular weight is 516 g/mol. The van der Waals surface area contributed by atoms with Crippen LogP contribution in [-0.4, -0.2) is 51.1 Å². The molecule has 2 aromatic carbocycles. The number of esters is 1. The molecule has 9 nitrogen and oxygen atoms in total. The number of carbonyl (C=O) groups is 1. The van der Waals surface area contributed by atoms with E-state index in [9.17, 15) is 4.79 Å². The van der Waals surface area contributed by atoms with Crippen LogP contribution in [0.1, 0.15) is 48.0 Å². The summed E-state index contributed by atoms with van der Waals surface area (Å²) >= 11 is 0. The molecule has 4 aromatic rings. The molecule has 0 N–H and O–H groups in total. The number of hydrogen-bond acceptors (Lipinski definition) is 7. The Labute approximate surface area is 222 Å². The molecule has 2 aromatic heterocycles. The van der Waals surface area contributed by atoms with E-state index in [0.29, 0.717) is 43.6 Å². The lowest BCUT2D eigenvalue weighted by Crippen LogP contribution is -2.26. The van der Waals surface area contributed by atoms with Crippen molar-refractivity contribution in [2.24, 2.45) is 7.05 Å². The smallest absolute Gasteiger partial charge is 0.354 e. The van der Waals surface area contributed by atoms with E-state index < -0.39 is 5.41 Å². The van der Waals surface area contributed by atoms with E-state index in [0.717, 1.165) is 39.9 Å². The van der Waals surface area contributed by atoms with Crippen molar-refractivity contribution >= 4 is 5.97 Å². The number of methoxy groups -OCH3 is 1. The summed E-state index contributed by atoms with van der Waals surface area (Å²) in [6, 6.07) is 16.2. The number of nitrogens with zero attached hydrogens (tertiary/aromatic N) is 5. The maximum absolute atomic E-state index is 13.0. The number of ether oxygens (including phenoxy) is 3. The SMILES string of the molecule is CCOC(=O)c1cc(C(C)(C)COCc2ccccc2)c2n1CCc1cc(OC)c(-c3nnn(C)n3)cc1-2. The van der Waals surface area contributed by atoms with E-state index in [4.69, 9.17) is 14.2 Å². The van der Waals surface area contributed by atoms with Crippen molar-refractivity contribution in [2.45, 2.75) is 45.8 Å². The molecule has 198 valence electrons. The first-order chi connectivity index (χ1) is 18.3. The van der Waals surface area contributed by atoms with Gasteiger partial charge in [-0.15, -0.1) is 10.2 Å². The second-order valence-electron chi connectivity index (χ2n) is 10.1. The maximum Gasteiger partial charge on any atom is 0.354 e. The lowest BCUT2D eigenvalue weighted by molar-refractivity contribution is 0.0513. The van der Waals surface area contributed by atoms with E-state index in [-0.39, 0.29) is 5.97 Å². The Morgan fingerprint density at radius 1 is 1.11 bits per heavy atom. The molecule has 38 heavy (non-hydrogen) atoms. The summed E-state index contributed by atoms with van der Waals surface area (Å²) < 4.78 is 19.4. The molecule has 3 heterocycles. The number of hydrogen-bond donors (Lipinski definition) is 0. The lowest BCUT2D eigenvalue weighted by atomic mass is 9.82. The van der Waals surface area contributed by atoms with Crippen LogP contribution in [0.25, 0.3) is 22.6 Å². The predicted octanol–water partition coefficient (Wildman–Crippen LogP) is 4.58. The van der Waals surface area contributed by atoms with Gasteiger partial charge in [-0.05, 0) is 53.4 Å². The monoisotopic (exact) mass is 515 g/mol. The van der Waals surface area contributed by atoms with E-state index in [1.165, 1.54) is 4.80 Å². The number of aromatic nitrogens is 5. The molecule has 0 saturated heterocycles. The van der Waals surface area contributed by atoms with Crippen molar-refractivity contribution < 1.29 is 19.0 Å². The summed E-state index contributed by atoms with van der Waals surface area (Å²) in [7, 11) is 3.37. The number of tetrazole rings is 1. The van der Waals surface area contributed by atoms with Crippen LogP contribution in [0, 0.1) is 0 Å². The highest BCUT2D eigenvalue weighted by Crippen LogP contribution is 2.44. The second-order valence-corrected chi connectivity index (χ2v) is 10.1.